The van der Waals surface area contributed by atoms with Gasteiger partial charge in [0.15, 0.2) is 5.82 Å². The van der Waals surface area contributed by atoms with Crippen molar-refractivity contribution in [3.8, 4) is 0 Å². The van der Waals surface area contributed by atoms with Crippen molar-refractivity contribution < 1.29 is 9.59 Å². The highest BCUT2D eigenvalue weighted by Gasteiger charge is 2.18. The van der Waals surface area contributed by atoms with Gasteiger partial charge in [-0.05, 0) is 46.6 Å². The number of hydrogen-bond donors (Lipinski definition) is 2. The van der Waals surface area contributed by atoms with E-state index in [0.717, 1.165) is 9.35 Å². The molecule has 9 heteroatoms. The van der Waals surface area contributed by atoms with Crippen LogP contribution in [0.25, 0.3) is 0 Å². The molecule has 2 N–H and O–H groups in total. The molecule has 0 aliphatic carbocycles. The molecule has 0 aliphatic rings. The first kappa shape index (κ1) is 18.3. The maximum atomic E-state index is 12.3. The molecule has 0 aromatic carbocycles. The van der Waals surface area contributed by atoms with Gasteiger partial charge in [0.2, 0.25) is 5.91 Å². The van der Waals surface area contributed by atoms with Crippen molar-refractivity contribution in [2.24, 2.45) is 0 Å². The number of pyridine rings is 1. The zero-order valence-electron chi connectivity index (χ0n) is 13.8. The van der Waals surface area contributed by atoms with Crippen LogP contribution in [0, 0.1) is 0 Å². The minimum Gasteiger partial charge on any atom is -0.340 e. The van der Waals surface area contributed by atoms with E-state index in [1.165, 1.54) is 11.3 Å². The Balaban J connectivity index is 1.55. The maximum absolute atomic E-state index is 12.3. The summed E-state index contributed by atoms with van der Waals surface area (Å²) in [4.78, 5) is 29.0. The Morgan fingerprint density at radius 2 is 2.15 bits per heavy atom. The van der Waals surface area contributed by atoms with Crippen molar-refractivity contribution >= 4 is 44.9 Å². The molecule has 0 spiro atoms. The molecule has 3 heterocycles. The lowest BCUT2D eigenvalue weighted by atomic mass is 10.3. The van der Waals surface area contributed by atoms with Gasteiger partial charge in [0.1, 0.15) is 6.04 Å². The summed E-state index contributed by atoms with van der Waals surface area (Å²) < 4.78 is 2.57. The van der Waals surface area contributed by atoms with Gasteiger partial charge >= 0.3 is 0 Å². The Bertz CT molecular complexity index is 909. The van der Waals surface area contributed by atoms with E-state index < -0.39 is 6.04 Å². The summed E-state index contributed by atoms with van der Waals surface area (Å²) in [6.07, 6.45) is 5.25. The van der Waals surface area contributed by atoms with E-state index in [9.17, 15) is 9.59 Å². The number of nitrogens with zero attached hydrogens (tertiary/aromatic N) is 3. The van der Waals surface area contributed by atoms with Crippen LogP contribution in [0.5, 0.6) is 0 Å². The molecule has 0 fully saturated rings. The van der Waals surface area contributed by atoms with Gasteiger partial charge < -0.3 is 10.6 Å². The Kier molecular flexibility index (Phi) is 5.79. The highest BCUT2D eigenvalue weighted by molar-refractivity contribution is 9.11. The third kappa shape index (κ3) is 4.77. The second-order valence-electron chi connectivity index (χ2n) is 5.55. The van der Waals surface area contributed by atoms with E-state index >= 15 is 0 Å². The average molecular weight is 434 g/mol. The number of nitrogens with one attached hydrogen (secondary N) is 2. The molecule has 0 aliphatic heterocycles. The van der Waals surface area contributed by atoms with Crippen LogP contribution in [0.2, 0.25) is 0 Å². The normalized spacial score (nSPS) is 11.8. The first-order chi connectivity index (χ1) is 12.5. The number of aromatic nitrogens is 3. The zero-order chi connectivity index (χ0) is 18.5. The second kappa shape index (κ2) is 8.24. The topological polar surface area (TPSA) is 88.9 Å². The predicted molar refractivity (Wildman–Crippen MR) is 103 cm³/mol. The van der Waals surface area contributed by atoms with Crippen LogP contribution in [-0.2, 0) is 11.3 Å². The summed E-state index contributed by atoms with van der Waals surface area (Å²) in [6.45, 7) is 2.19. The first-order valence-electron chi connectivity index (χ1n) is 7.80. The van der Waals surface area contributed by atoms with Gasteiger partial charge in [-0.1, -0.05) is 6.07 Å². The Morgan fingerprint density at radius 1 is 1.31 bits per heavy atom. The van der Waals surface area contributed by atoms with Gasteiger partial charge in [0, 0.05) is 24.7 Å². The van der Waals surface area contributed by atoms with Gasteiger partial charge in [-0.25, -0.2) is 0 Å². The highest BCUT2D eigenvalue weighted by Crippen LogP contribution is 2.21. The standard InChI is InChI=1S/C17H16BrN5O2S/c1-11(20-17(25)13-4-5-14(18)26-13)16(24)21-15-6-8-23(22-15)10-12-3-2-7-19-9-12/h2-9,11H,10H2,1H3,(H,20,25)(H,21,22,24). The SMILES string of the molecule is CC(NC(=O)c1ccc(Br)s1)C(=O)Nc1ccn(Cc2cccnc2)n1. The van der Waals surface area contributed by atoms with Gasteiger partial charge in [0.25, 0.3) is 5.91 Å². The van der Waals surface area contributed by atoms with Crippen molar-refractivity contribution in [1.82, 2.24) is 20.1 Å². The van der Waals surface area contributed by atoms with Crippen molar-refractivity contribution in [3.63, 3.8) is 0 Å². The van der Waals surface area contributed by atoms with Crippen LogP contribution in [0.4, 0.5) is 5.82 Å². The van der Waals surface area contributed by atoms with Crippen molar-refractivity contribution in [2.75, 3.05) is 5.32 Å². The van der Waals surface area contributed by atoms with Crippen LogP contribution < -0.4 is 10.6 Å². The van der Waals surface area contributed by atoms with Gasteiger partial charge in [-0.15, -0.1) is 11.3 Å². The van der Waals surface area contributed by atoms with Gasteiger partial charge in [-0.2, -0.15) is 5.10 Å². The van der Waals surface area contributed by atoms with E-state index in [0.29, 0.717) is 17.2 Å². The number of carbonyl (C=O) groups is 2. The molecule has 0 saturated heterocycles. The summed E-state index contributed by atoms with van der Waals surface area (Å²) in [5.41, 5.74) is 1.01. The summed E-state index contributed by atoms with van der Waals surface area (Å²) in [5, 5.41) is 9.68. The zero-order valence-corrected chi connectivity index (χ0v) is 16.3. The summed E-state index contributed by atoms with van der Waals surface area (Å²) >= 11 is 4.62. The molecular weight excluding hydrogens is 418 g/mol. The lowest BCUT2D eigenvalue weighted by Crippen LogP contribution is -2.41. The fourth-order valence-corrected chi connectivity index (χ4v) is 3.49. The second-order valence-corrected chi connectivity index (χ2v) is 8.01. The van der Waals surface area contributed by atoms with Crippen LogP contribution in [0.3, 0.4) is 0 Å². The van der Waals surface area contributed by atoms with E-state index in [-0.39, 0.29) is 11.8 Å². The fourth-order valence-electron chi connectivity index (χ4n) is 2.20. The molecule has 0 radical (unpaired) electrons. The molecule has 1 atom stereocenters. The van der Waals surface area contributed by atoms with Gasteiger partial charge in [-0.3, -0.25) is 19.3 Å². The largest absolute Gasteiger partial charge is 0.340 e. The molecule has 26 heavy (non-hydrogen) atoms. The molecule has 1 unspecified atom stereocenters. The number of hydrogen-bond acceptors (Lipinski definition) is 5. The molecule has 7 nitrogen and oxygen atoms in total. The summed E-state index contributed by atoms with van der Waals surface area (Å²) in [5.74, 6) is -0.190. The average Bonchev–Trinajstić information content (AvgIpc) is 3.24. The quantitative estimate of drug-likeness (QED) is 0.625. The molecule has 3 aromatic rings. The molecule has 0 saturated carbocycles. The molecule has 2 amide bonds. The first-order valence-corrected chi connectivity index (χ1v) is 9.41. The molecule has 0 bridgehead atoms. The van der Waals surface area contributed by atoms with Crippen LogP contribution in [-0.4, -0.2) is 32.6 Å². The van der Waals surface area contributed by atoms with Gasteiger partial charge in [0.05, 0.1) is 15.2 Å². The minimum atomic E-state index is -0.688. The monoisotopic (exact) mass is 433 g/mol. The third-order valence-corrected chi connectivity index (χ3v) is 5.12. The number of rotatable bonds is 6. The highest BCUT2D eigenvalue weighted by atomic mass is 79.9. The van der Waals surface area contributed by atoms with E-state index in [1.54, 1.807) is 48.4 Å². The number of carbonyl (C=O) groups excluding carboxylic acids is 2. The molecular formula is C17H16BrN5O2S. The van der Waals surface area contributed by atoms with Crippen LogP contribution in [0.15, 0.2) is 52.7 Å². The fraction of sp³-hybridized carbons (Fsp3) is 0.176. The van der Waals surface area contributed by atoms with Crippen molar-refractivity contribution in [3.05, 3.63) is 63.1 Å². The van der Waals surface area contributed by atoms with E-state index in [4.69, 9.17) is 0 Å². The lowest BCUT2D eigenvalue weighted by Gasteiger charge is -2.12. The lowest BCUT2D eigenvalue weighted by molar-refractivity contribution is -0.117. The Morgan fingerprint density at radius 3 is 2.85 bits per heavy atom. The Hall–Kier alpha value is -2.52. The van der Waals surface area contributed by atoms with E-state index in [2.05, 4.69) is 36.6 Å². The Labute approximate surface area is 162 Å². The van der Waals surface area contributed by atoms with Crippen molar-refractivity contribution in [2.45, 2.75) is 19.5 Å². The van der Waals surface area contributed by atoms with Crippen molar-refractivity contribution in [1.29, 1.82) is 0 Å². The third-order valence-electron chi connectivity index (χ3n) is 3.50. The molecule has 3 aromatic heterocycles. The minimum absolute atomic E-state index is 0.287. The number of anilines is 1. The number of amides is 2. The summed E-state index contributed by atoms with van der Waals surface area (Å²) in [7, 11) is 0. The molecule has 3 rings (SSSR count). The maximum Gasteiger partial charge on any atom is 0.262 e. The van der Waals surface area contributed by atoms with Crippen LogP contribution >= 0.6 is 27.3 Å². The van der Waals surface area contributed by atoms with E-state index in [1.807, 2.05) is 12.1 Å². The smallest absolute Gasteiger partial charge is 0.262 e. The van der Waals surface area contributed by atoms with Crippen LogP contribution in [0.1, 0.15) is 22.2 Å². The predicted octanol–water partition coefficient (Wildman–Crippen LogP) is 2.91. The number of halogens is 1. The summed E-state index contributed by atoms with van der Waals surface area (Å²) in [6, 6.07) is 8.32. The molecule has 134 valence electrons. The number of thiophene rings is 1.